The molecule has 0 saturated heterocycles. The van der Waals surface area contributed by atoms with Crippen LogP contribution in [0, 0.1) is 13.8 Å². The van der Waals surface area contributed by atoms with Crippen LogP contribution in [0.2, 0.25) is 0 Å². The molecule has 3 amide bonds. The number of urea groups is 1. The number of ether oxygens (including phenoxy) is 1. The lowest BCUT2D eigenvalue weighted by molar-refractivity contribution is -0.123. The zero-order valence-electron chi connectivity index (χ0n) is 15.2. The second-order valence-electron chi connectivity index (χ2n) is 5.90. The van der Waals surface area contributed by atoms with Crippen molar-refractivity contribution in [2.45, 2.75) is 18.7 Å². The first kappa shape index (κ1) is 21.1. The van der Waals surface area contributed by atoms with Crippen LogP contribution in [0.4, 0.5) is 10.5 Å². The van der Waals surface area contributed by atoms with Crippen LogP contribution >= 0.6 is 0 Å². The van der Waals surface area contributed by atoms with Crippen LogP contribution in [-0.2, 0) is 19.6 Å². The van der Waals surface area contributed by atoms with Gasteiger partial charge in [-0.3, -0.25) is 10.1 Å². The molecule has 2 aromatic carbocycles. The number of carbonyl (C=O) groups is 3. The first-order chi connectivity index (χ1) is 13.1. The zero-order chi connectivity index (χ0) is 20.9. The lowest BCUT2D eigenvalue weighted by atomic mass is 10.1. The average molecular weight is 405 g/mol. The number of hydrogen-bond acceptors (Lipinski definition) is 6. The molecule has 0 aliphatic carbocycles. The normalized spacial score (nSPS) is 10.8. The summed E-state index contributed by atoms with van der Waals surface area (Å²) in [7, 11) is -3.88. The van der Waals surface area contributed by atoms with Gasteiger partial charge in [-0.25, -0.2) is 23.1 Å². The Hall–Kier alpha value is -3.24. The first-order valence-electron chi connectivity index (χ1n) is 8.05. The minimum absolute atomic E-state index is 0.0278. The van der Waals surface area contributed by atoms with E-state index in [1.807, 2.05) is 25.2 Å². The predicted octanol–water partition coefficient (Wildman–Crippen LogP) is 1.46. The van der Waals surface area contributed by atoms with Crippen molar-refractivity contribution >= 4 is 33.6 Å². The van der Waals surface area contributed by atoms with Crippen molar-refractivity contribution in [3.05, 3.63) is 59.2 Å². The van der Waals surface area contributed by atoms with Gasteiger partial charge in [0.2, 0.25) is 10.0 Å². The predicted molar refractivity (Wildman–Crippen MR) is 101 cm³/mol. The summed E-state index contributed by atoms with van der Waals surface area (Å²) in [5.41, 5.74) is 2.42. The maximum Gasteiger partial charge on any atom is 0.338 e. The topological polar surface area (TPSA) is 145 Å². The number of amides is 3. The highest BCUT2D eigenvalue weighted by molar-refractivity contribution is 7.89. The monoisotopic (exact) mass is 405 g/mol. The van der Waals surface area contributed by atoms with Crippen molar-refractivity contribution in [2.75, 3.05) is 11.9 Å². The van der Waals surface area contributed by atoms with Crippen molar-refractivity contribution in [3.8, 4) is 0 Å². The Morgan fingerprint density at radius 2 is 1.68 bits per heavy atom. The highest BCUT2D eigenvalue weighted by atomic mass is 32.2. The molecule has 0 atom stereocenters. The third-order valence-corrected chi connectivity index (χ3v) is 4.79. The summed E-state index contributed by atoms with van der Waals surface area (Å²) >= 11 is 0. The van der Waals surface area contributed by atoms with Crippen LogP contribution < -0.4 is 15.8 Å². The number of carbonyl (C=O) groups excluding carboxylic acids is 3. The number of primary sulfonamides is 1. The van der Waals surface area contributed by atoms with E-state index in [4.69, 9.17) is 9.88 Å². The van der Waals surface area contributed by atoms with Gasteiger partial charge in [0.1, 0.15) is 0 Å². The second-order valence-corrected chi connectivity index (χ2v) is 7.46. The molecule has 0 radical (unpaired) electrons. The van der Waals surface area contributed by atoms with Crippen LogP contribution in [0.1, 0.15) is 21.5 Å². The SMILES string of the molecule is Cc1cccc(NC(=O)NC(=O)COC(=O)c2ccc(S(N)(=O)=O)cc2)c1C. The number of aryl methyl sites for hydroxylation is 1. The molecule has 0 aliphatic rings. The molecule has 2 aromatic rings. The number of anilines is 1. The van der Waals surface area contributed by atoms with Gasteiger partial charge < -0.3 is 10.1 Å². The van der Waals surface area contributed by atoms with E-state index in [9.17, 15) is 22.8 Å². The average Bonchev–Trinajstić information content (AvgIpc) is 2.63. The maximum absolute atomic E-state index is 11.9. The zero-order valence-corrected chi connectivity index (χ0v) is 16.0. The summed E-state index contributed by atoms with van der Waals surface area (Å²) < 4.78 is 27.1. The van der Waals surface area contributed by atoms with Gasteiger partial charge in [-0.2, -0.15) is 0 Å². The minimum Gasteiger partial charge on any atom is -0.452 e. The Bertz CT molecular complexity index is 1020. The Morgan fingerprint density at radius 1 is 1.04 bits per heavy atom. The summed E-state index contributed by atoms with van der Waals surface area (Å²) in [6.45, 7) is 3.03. The Balaban J connectivity index is 1.87. The molecule has 148 valence electrons. The van der Waals surface area contributed by atoms with E-state index in [1.54, 1.807) is 12.1 Å². The maximum atomic E-state index is 11.9. The summed E-state index contributed by atoms with van der Waals surface area (Å²) in [5.74, 6) is -1.68. The van der Waals surface area contributed by atoms with Gasteiger partial charge >= 0.3 is 12.0 Å². The van der Waals surface area contributed by atoms with Crippen LogP contribution in [0.3, 0.4) is 0 Å². The number of esters is 1. The number of imide groups is 1. The summed E-state index contributed by atoms with van der Waals surface area (Å²) in [4.78, 5) is 35.4. The number of nitrogens with two attached hydrogens (primary N) is 1. The highest BCUT2D eigenvalue weighted by Crippen LogP contribution is 2.17. The molecule has 0 saturated carbocycles. The fourth-order valence-corrected chi connectivity index (χ4v) is 2.71. The molecule has 10 heteroatoms. The first-order valence-corrected chi connectivity index (χ1v) is 9.59. The molecule has 0 bridgehead atoms. The third kappa shape index (κ3) is 5.63. The fraction of sp³-hybridized carbons (Fsp3) is 0.167. The van der Waals surface area contributed by atoms with Gasteiger partial charge in [0.15, 0.2) is 6.61 Å². The fourth-order valence-electron chi connectivity index (χ4n) is 2.20. The smallest absolute Gasteiger partial charge is 0.338 e. The molecule has 0 aromatic heterocycles. The molecular weight excluding hydrogens is 386 g/mol. The molecular formula is C18H19N3O6S. The number of benzene rings is 2. The Labute approximate surface area is 161 Å². The van der Waals surface area contributed by atoms with Crippen LogP contribution in [-0.4, -0.2) is 32.9 Å². The summed E-state index contributed by atoms with van der Waals surface area (Å²) in [6.07, 6.45) is 0. The van der Waals surface area contributed by atoms with Crippen molar-refractivity contribution in [2.24, 2.45) is 5.14 Å². The van der Waals surface area contributed by atoms with E-state index in [2.05, 4.69) is 5.32 Å². The lowest BCUT2D eigenvalue weighted by Gasteiger charge is -2.11. The van der Waals surface area contributed by atoms with Crippen molar-refractivity contribution < 1.29 is 27.5 Å². The van der Waals surface area contributed by atoms with E-state index in [-0.39, 0.29) is 10.5 Å². The van der Waals surface area contributed by atoms with Crippen molar-refractivity contribution in [1.82, 2.24) is 5.32 Å². The molecule has 0 aliphatic heterocycles. The highest BCUT2D eigenvalue weighted by Gasteiger charge is 2.15. The molecule has 2 rings (SSSR count). The van der Waals surface area contributed by atoms with Crippen molar-refractivity contribution in [1.29, 1.82) is 0 Å². The van der Waals surface area contributed by atoms with Crippen LogP contribution in [0.5, 0.6) is 0 Å². The number of hydrogen-bond donors (Lipinski definition) is 3. The number of sulfonamides is 1. The molecule has 0 spiro atoms. The molecule has 0 unspecified atom stereocenters. The second kappa shape index (κ2) is 8.63. The third-order valence-electron chi connectivity index (χ3n) is 3.86. The number of rotatable bonds is 5. The van der Waals surface area contributed by atoms with E-state index in [0.29, 0.717) is 5.69 Å². The molecule has 4 N–H and O–H groups in total. The van der Waals surface area contributed by atoms with E-state index < -0.39 is 34.5 Å². The quantitative estimate of drug-likeness (QED) is 0.642. The standard InChI is InChI=1S/C18H19N3O6S/c1-11-4-3-5-15(12(11)2)20-18(24)21-16(22)10-27-17(23)13-6-8-14(9-7-13)28(19,25)26/h3-9H,10H2,1-2H3,(H2,19,25,26)(H2,20,21,22,24). The largest absolute Gasteiger partial charge is 0.452 e. The molecule has 9 nitrogen and oxygen atoms in total. The van der Waals surface area contributed by atoms with E-state index >= 15 is 0 Å². The van der Waals surface area contributed by atoms with Gasteiger partial charge in [-0.05, 0) is 55.3 Å². The minimum atomic E-state index is -3.88. The molecule has 0 heterocycles. The molecule has 28 heavy (non-hydrogen) atoms. The van der Waals surface area contributed by atoms with E-state index in [0.717, 1.165) is 23.3 Å². The molecule has 0 fully saturated rings. The Morgan fingerprint density at radius 3 is 2.29 bits per heavy atom. The summed E-state index contributed by atoms with van der Waals surface area (Å²) in [5, 5.41) is 9.56. The van der Waals surface area contributed by atoms with Gasteiger partial charge in [-0.1, -0.05) is 12.1 Å². The van der Waals surface area contributed by atoms with Crippen LogP contribution in [0.25, 0.3) is 0 Å². The number of nitrogens with one attached hydrogen (secondary N) is 2. The van der Waals surface area contributed by atoms with E-state index in [1.165, 1.54) is 12.1 Å². The van der Waals surface area contributed by atoms with Gasteiger partial charge in [0, 0.05) is 5.69 Å². The Kier molecular flexibility index (Phi) is 6.49. The van der Waals surface area contributed by atoms with Gasteiger partial charge in [0.25, 0.3) is 5.91 Å². The van der Waals surface area contributed by atoms with Gasteiger partial charge in [-0.15, -0.1) is 0 Å². The lowest BCUT2D eigenvalue weighted by Crippen LogP contribution is -2.37. The summed E-state index contributed by atoms with van der Waals surface area (Å²) in [6, 6.07) is 9.28. The van der Waals surface area contributed by atoms with Gasteiger partial charge in [0.05, 0.1) is 10.5 Å². The van der Waals surface area contributed by atoms with Crippen molar-refractivity contribution in [3.63, 3.8) is 0 Å². The van der Waals surface area contributed by atoms with Crippen LogP contribution in [0.15, 0.2) is 47.4 Å².